The number of rotatable bonds is 2. The van der Waals surface area contributed by atoms with Crippen molar-refractivity contribution >= 4 is 31.9 Å². The second kappa shape index (κ2) is 5.92. The molecule has 0 aliphatic heterocycles. The normalized spacial score (nSPS) is 12.6. The summed E-state index contributed by atoms with van der Waals surface area (Å²) >= 11 is 6.74. The monoisotopic (exact) mass is 404 g/mol. The first-order valence-corrected chi connectivity index (χ1v) is 7.49. The Kier molecular flexibility index (Phi) is 4.62. The van der Waals surface area contributed by atoms with Gasteiger partial charge in [0.25, 0.3) is 0 Å². The molecule has 0 spiro atoms. The Hall–Kier alpha value is -0.780. The van der Waals surface area contributed by atoms with Gasteiger partial charge in [0, 0.05) is 26.1 Å². The largest absolute Gasteiger partial charge is 0.384 e. The van der Waals surface area contributed by atoms with Crippen LogP contribution < -0.4 is 0 Å². The van der Waals surface area contributed by atoms with Crippen LogP contribution in [0.2, 0.25) is 0 Å². The average Bonchev–Trinajstić information content (AvgIpc) is 2.37. The van der Waals surface area contributed by atoms with Crippen molar-refractivity contribution < 1.29 is 13.9 Å². The van der Waals surface area contributed by atoms with Gasteiger partial charge in [-0.05, 0) is 43.2 Å². The number of aryl methyl sites for hydroxylation is 2. The number of hydrogen-bond acceptors (Lipinski definition) is 1. The minimum absolute atomic E-state index is 0.0559. The van der Waals surface area contributed by atoms with Gasteiger partial charge in [0.1, 0.15) is 17.7 Å². The number of aliphatic hydroxyl groups excluding tert-OH is 1. The lowest BCUT2D eigenvalue weighted by atomic mass is 9.98. The van der Waals surface area contributed by atoms with E-state index in [4.69, 9.17) is 0 Å². The molecule has 0 saturated heterocycles. The molecule has 0 saturated carbocycles. The lowest BCUT2D eigenvalue weighted by Gasteiger charge is -2.16. The third-order valence-electron chi connectivity index (χ3n) is 3.15. The summed E-state index contributed by atoms with van der Waals surface area (Å²) in [6.07, 6.45) is -1.17. The Balaban J connectivity index is 2.54. The third-order valence-corrected chi connectivity index (χ3v) is 4.69. The van der Waals surface area contributed by atoms with Crippen molar-refractivity contribution in [3.8, 4) is 0 Å². The summed E-state index contributed by atoms with van der Waals surface area (Å²) in [5.74, 6) is -1.38. The summed E-state index contributed by atoms with van der Waals surface area (Å²) in [4.78, 5) is 0. The minimum Gasteiger partial charge on any atom is -0.384 e. The fourth-order valence-electron chi connectivity index (χ4n) is 1.93. The van der Waals surface area contributed by atoms with Crippen LogP contribution in [0, 0.1) is 25.5 Å². The fourth-order valence-corrected chi connectivity index (χ4v) is 2.96. The molecule has 2 rings (SSSR count). The summed E-state index contributed by atoms with van der Waals surface area (Å²) in [6.45, 7) is 3.44. The van der Waals surface area contributed by atoms with Crippen molar-refractivity contribution in [2.24, 2.45) is 0 Å². The van der Waals surface area contributed by atoms with E-state index in [0.717, 1.165) is 16.1 Å². The van der Waals surface area contributed by atoms with Gasteiger partial charge in [-0.15, -0.1) is 0 Å². The molecular formula is C15H12Br2F2O. The smallest absolute Gasteiger partial charge is 0.132 e. The maximum absolute atomic E-state index is 13.9. The first-order valence-electron chi connectivity index (χ1n) is 5.90. The van der Waals surface area contributed by atoms with Gasteiger partial charge in [-0.3, -0.25) is 0 Å². The van der Waals surface area contributed by atoms with E-state index < -0.39 is 17.7 Å². The highest BCUT2D eigenvalue weighted by Gasteiger charge is 2.20. The number of aliphatic hydroxyl groups is 1. The molecule has 0 fully saturated rings. The molecule has 0 bridgehead atoms. The third kappa shape index (κ3) is 2.95. The van der Waals surface area contributed by atoms with Crippen LogP contribution in [0.25, 0.3) is 0 Å². The molecule has 5 heteroatoms. The van der Waals surface area contributed by atoms with Crippen LogP contribution in [0.1, 0.15) is 28.4 Å². The van der Waals surface area contributed by atoms with Crippen molar-refractivity contribution in [1.82, 2.24) is 0 Å². The van der Waals surface area contributed by atoms with E-state index in [1.807, 2.05) is 13.0 Å². The van der Waals surface area contributed by atoms with Gasteiger partial charge < -0.3 is 5.11 Å². The van der Waals surface area contributed by atoms with Crippen LogP contribution in [0.15, 0.2) is 33.2 Å². The van der Waals surface area contributed by atoms with Crippen molar-refractivity contribution in [3.63, 3.8) is 0 Å². The predicted octanol–water partition coefficient (Wildman–Crippen LogP) is 5.19. The molecular weight excluding hydrogens is 394 g/mol. The van der Waals surface area contributed by atoms with Crippen LogP contribution in [-0.4, -0.2) is 5.11 Å². The average molecular weight is 406 g/mol. The molecule has 1 N–H and O–H groups in total. The molecule has 1 atom stereocenters. The molecule has 1 nitrogen and oxygen atoms in total. The van der Waals surface area contributed by atoms with E-state index in [0.29, 0.717) is 15.6 Å². The van der Waals surface area contributed by atoms with Gasteiger partial charge in [-0.2, -0.15) is 0 Å². The number of halogens is 4. The molecule has 1 unspecified atom stereocenters. The van der Waals surface area contributed by atoms with Crippen LogP contribution in [-0.2, 0) is 0 Å². The zero-order chi connectivity index (χ0) is 15.0. The van der Waals surface area contributed by atoms with Crippen molar-refractivity contribution in [2.45, 2.75) is 20.0 Å². The van der Waals surface area contributed by atoms with Crippen molar-refractivity contribution in [1.29, 1.82) is 0 Å². The Morgan fingerprint density at radius 3 is 2.15 bits per heavy atom. The van der Waals surface area contributed by atoms with Gasteiger partial charge in [0.05, 0.1) is 0 Å². The van der Waals surface area contributed by atoms with Gasteiger partial charge >= 0.3 is 0 Å². The standard InChI is InChI=1S/C15H12Br2F2O/c1-7-4-12(17)9(5-11(7)16)15(20)10-3-8(2)13(18)6-14(10)19/h3-6,15,20H,1-2H3. The summed E-state index contributed by atoms with van der Waals surface area (Å²) in [5.41, 5.74) is 1.86. The first kappa shape index (κ1) is 15.6. The molecule has 106 valence electrons. The lowest BCUT2D eigenvalue weighted by Crippen LogP contribution is -2.05. The summed E-state index contributed by atoms with van der Waals surface area (Å²) < 4.78 is 28.6. The summed E-state index contributed by atoms with van der Waals surface area (Å²) in [7, 11) is 0. The Morgan fingerprint density at radius 2 is 1.50 bits per heavy atom. The molecule has 2 aromatic rings. The Labute approximate surface area is 132 Å². The molecule has 0 amide bonds. The molecule has 2 aromatic carbocycles. The van der Waals surface area contributed by atoms with E-state index in [1.54, 1.807) is 6.07 Å². The molecule has 0 aliphatic rings. The van der Waals surface area contributed by atoms with E-state index in [9.17, 15) is 13.9 Å². The highest BCUT2D eigenvalue weighted by Crippen LogP contribution is 2.34. The number of hydrogen-bond donors (Lipinski definition) is 1. The number of benzene rings is 2. The maximum atomic E-state index is 13.9. The first-order chi connectivity index (χ1) is 9.31. The minimum atomic E-state index is -1.17. The predicted molar refractivity (Wildman–Crippen MR) is 81.7 cm³/mol. The van der Waals surface area contributed by atoms with E-state index in [1.165, 1.54) is 13.0 Å². The highest BCUT2D eigenvalue weighted by atomic mass is 79.9. The lowest BCUT2D eigenvalue weighted by molar-refractivity contribution is 0.213. The zero-order valence-electron chi connectivity index (χ0n) is 10.8. The Morgan fingerprint density at radius 1 is 0.850 bits per heavy atom. The van der Waals surface area contributed by atoms with E-state index >= 15 is 0 Å². The fraction of sp³-hybridized carbons (Fsp3) is 0.200. The van der Waals surface area contributed by atoms with E-state index in [-0.39, 0.29) is 5.56 Å². The quantitative estimate of drug-likeness (QED) is 0.728. The van der Waals surface area contributed by atoms with Gasteiger partial charge in [0.2, 0.25) is 0 Å². The SMILES string of the molecule is Cc1cc(C(O)c2cc(Br)c(C)cc2Br)c(F)cc1F. The van der Waals surface area contributed by atoms with Crippen LogP contribution >= 0.6 is 31.9 Å². The topological polar surface area (TPSA) is 20.2 Å². The molecule has 20 heavy (non-hydrogen) atoms. The van der Waals surface area contributed by atoms with Crippen LogP contribution in [0.3, 0.4) is 0 Å². The molecule has 0 aromatic heterocycles. The van der Waals surface area contributed by atoms with Crippen LogP contribution in [0.4, 0.5) is 8.78 Å². The Bertz CT molecular complexity index is 614. The summed E-state index contributed by atoms with van der Waals surface area (Å²) in [6, 6.07) is 5.68. The van der Waals surface area contributed by atoms with Gasteiger partial charge in [-0.1, -0.05) is 31.9 Å². The molecule has 0 heterocycles. The maximum Gasteiger partial charge on any atom is 0.132 e. The zero-order valence-corrected chi connectivity index (χ0v) is 14.0. The highest BCUT2D eigenvalue weighted by molar-refractivity contribution is 9.11. The van der Waals surface area contributed by atoms with E-state index in [2.05, 4.69) is 31.9 Å². The second-order valence-corrected chi connectivity index (χ2v) is 6.36. The van der Waals surface area contributed by atoms with Crippen molar-refractivity contribution in [2.75, 3.05) is 0 Å². The van der Waals surface area contributed by atoms with Crippen molar-refractivity contribution in [3.05, 3.63) is 67.1 Å². The summed E-state index contributed by atoms with van der Waals surface area (Å²) in [5, 5.41) is 10.4. The second-order valence-electron chi connectivity index (χ2n) is 4.65. The van der Waals surface area contributed by atoms with Gasteiger partial charge in [0.15, 0.2) is 0 Å². The van der Waals surface area contributed by atoms with Gasteiger partial charge in [-0.25, -0.2) is 8.78 Å². The molecule has 0 radical (unpaired) electrons. The van der Waals surface area contributed by atoms with Crippen LogP contribution in [0.5, 0.6) is 0 Å². The molecule has 0 aliphatic carbocycles.